The van der Waals surface area contributed by atoms with Gasteiger partial charge < -0.3 is 95.3 Å². The molecule has 5 heterocycles. The number of aliphatic hydroxyl groups excluding tert-OH is 4. The summed E-state index contributed by atoms with van der Waals surface area (Å²) in [7, 11) is 0. The minimum absolute atomic E-state index is 0.0358. The highest BCUT2D eigenvalue weighted by atomic mass is 16.8. The molecule has 3 aromatic carbocycles. The van der Waals surface area contributed by atoms with Crippen LogP contribution in [-0.2, 0) is 28.7 Å². The Bertz CT molecular complexity index is 3400. The molecule has 2 saturated heterocycles. The van der Waals surface area contributed by atoms with Crippen LogP contribution in [0.25, 0.3) is 44.3 Å². The van der Waals surface area contributed by atoms with Crippen LogP contribution in [0.5, 0.6) is 11.5 Å². The van der Waals surface area contributed by atoms with Crippen molar-refractivity contribution in [2.24, 2.45) is 16.6 Å². The highest BCUT2D eigenvalue weighted by molar-refractivity contribution is 5.98. The van der Waals surface area contributed by atoms with Gasteiger partial charge in [-0.2, -0.15) is 4.73 Å². The fourth-order valence-electron chi connectivity index (χ4n) is 12.1. The van der Waals surface area contributed by atoms with Gasteiger partial charge >= 0.3 is 11.9 Å². The number of esters is 1. The van der Waals surface area contributed by atoms with E-state index in [0.29, 0.717) is 52.6 Å². The lowest BCUT2D eigenvalue weighted by molar-refractivity contribution is -0.400. The summed E-state index contributed by atoms with van der Waals surface area (Å²) >= 11 is 0. The largest absolute Gasteiger partial charge is 0.508 e. The molecular formula is C59H71N7O18. The molecule has 3 aliphatic rings. The molecule has 0 bridgehead atoms. The second kappa shape index (κ2) is 25.6. The van der Waals surface area contributed by atoms with E-state index in [2.05, 4.69) is 25.9 Å². The number of benzene rings is 3. The van der Waals surface area contributed by atoms with Crippen molar-refractivity contribution in [1.29, 1.82) is 0 Å². The smallest absolute Gasteiger partial charge is 0.337 e. The zero-order valence-electron chi connectivity index (χ0n) is 46.3. The number of phenolic OH excluding ortho intramolecular Hbond substituents is 1. The number of piperidine rings is 1. The average Bonchev–Trinajstić information content (AvgIpc) is 0.749. The van der Waals surface area contributed by atoms with E-state index in [1.807, 2.05) is 32.0 Å². The number of carbonyl (C=O) groups is 4. The van der Waals surface area contributed by atoms with Crippen molar-refractivity contribution in [3.63, 3.8) is 0 Å². The number of aromatic nitrogens is 2. The molecule has 25 heteroatoms. The van der Waals surface area contributed by atoms with Crippen LogP contribution >= 0.6 is 0 Å². The maximum atomic E-state index is 14.5. The molecule has 6 aromatic rings. The summed E-state index contributed by atoms with van der Waals surface area (Å²) in [6, 6.07) is 13.0. The predicted octanol–water partition coefficient (Wildman–Crippen LogP) is 1.57. The summed E-state index contributed by atoms with van der Waals surface area (Å²) in [5, 5.41) is 103. The third kappa shape index (κ3) is 12.0. The number of carboxylic acid groups (broad SMARTS) is 1. The molecule has 0 radical (unpaired) electrons. The highest BCUT2D eigenvalue weighted by Crippen LogP contribution is 2.47. The molecular weight excluding hydrogens is 1090 g/mol. The highest BCUT2D eigenvalue weighted by Gasteiger charge is 2.75. The number of phenols is 1. The first-order chi connectivity index (χ1) is 40.3. The molecule has 1 aliphatic carbocycles. The Hall–Kier alpha value is -7.72. The minimum Gasteiger partial charge on any atom is -0.508 e. The average molecular weight is 1170 g/mol. The van der Waals surface area contributed by atoms with Gasteiger partial charge in [-0.25, -0.2) is 14.6 Å². The molecule has 0 spiro atoms. The summed E-state index contributed by atoms with van der Waals surface area (Å²) in [5.41, 5.74) is -0.398. The van der Waals surface area contributed by atoms with Crippen LogP contribution in [0.3, 0.4) is 0 Å². The Labute approximate surface area is 481 Å². The molecule has 3 aromatic heterocycles. The summed E-state index contributed by atoms with van der Waals surface area (Å²) < 4.78 is 26.4. The number of fused-ring (bicyclic) bond motifs is 3. The van der Waals surface area contributed by atoms with Crippen LogP contribution in [0.4, 0.5) is 0 Å². The second-order valence-electron chi connectivity index (χ2n) is 21.9. The van der Waals surface area contributed by atoms with Crippen LogP contribution in [0, 0.1) is 19.8 Å². The second-order valence-corrected chi connectivity index (χ2v) is 21.9. The summed E-state index contributed by atoms with van der Waals surface area (Å²) in [4.78, 5) is 80.1. The first kappa shape index (κ1) is 60.9. The van der Waals surface area contributed by atoms with Gasteiger partial charge in [-0.05, 0) is 106 Å². The van der Waals surface area contributed by atoms with E-state index < -0.39 is 109 Å². The minimum atomic E-state index is -3.51. The number of aldehydes is 2. The Kier molecular flexibility index (Phi) is 18.6. The zero-order chi connectivity index (χ0) is 60.1. The van der Waals surface area contributed by atoms with Gasteiger partial charge in [0.05, 0.1) is 35.4 Å². The van der Waals surface area contributed by atoms with Gasteiger partial charge in [0.25, 0.3) is 0 Å². The first-order valence-corrected chi connectivity index (χ1v) is 27.8. The van der Waals surface area contributed by atoms with Gasteiger partial charge in [-0.3, -0.25) is 10.1 Å². The molecule has 14 N–H and O–H groups in total. The van der Waals surface area contributed by atoms with Gasteiger partial charge in [0.1, 0.15) is 54.3 Å². The van der Waals surface area contributed by atoms with Crippen molar-refractivity contribution >= 4 is 52.3 Å². The number of aromatic amines is 1. The SMILES string of the molecule is Cc1cc(C)cc(-c2c3[nH]ccc3cn2O[C@@H]2[C@@H](Oc3ccc4c(=O)c(-c5ccc(O)cc5)coc4c3)O[C@@H]([C@](CO)(NC(N)=N[C@@H](C=O)[C@H]3CC[C@@H]4CCCC[C@@H]4N3)OC(=O)[C@H](NCCC=O)C(=O)O)[C@@](O)(CO)[C@]2(O)[C@H](O)CCCO)c1. The maximum Gasteiger partial charge on any atom is 0.337 e. The maximum absolute atomic E-state index is 14.5. The predicted molar refractivity (Wildman–Crippen MR) is 302 cm³/mol. The van der Waals surface area contributed by atoms with E-state index in [1.54, 1.807) is 12.3 Å². The fraction of sp³-hybridized carbons (Fsp3) is 0.458. The number of carboxylic acids is 1. The molecule has 9 rings (SSSR count). The Morgan fingerprint density at radius 1 is 0.988 bits per heavy atom. The third-order valence-electron chi connectivity index (χ3n) is 16.3. The Balaban J connectivity index is 1.23. The number of nitrogens with two attached hydrogens (primary N) is 1. The number of nitrogens with one attached hydrogen (secondary N) is 4. The van der Waals surface area contributed by atoms with Crippen molar-refractivity contribution in [3.05, 3.63) is 107 Å². The molecule has 25 nitrogen and oxygen atoms in total. The zero-order valence-corrected chi connectivity index (χ0v) is 46.3. The van der Waals surface area contributed by atoms with Crippen molar-refractivity contribution in [2.45, 2.75) is 137 Å². The van der Waals surface area contributed by atoms with Crippen LogP contribution in [-0.4, -0.2) is 173 Å². The number of rotatable bonds is 24. The van der Waals surface area contributed by atoms with Crippen molar-refractivity contribution in [2.75, 3.05) is 26.4 Å². The molecule has 12 atom stereocenters. The van der Waals surface area contributed by atoms with Gasteiger partial charge in [0.2, 0.25) is 24.2 Å². The molecule has 3 fully saturated rings. The van der Waals surface area contributed by atoms with E-state index in [0.717, 1.165) is 43.2 Å². The number of hydrogen-bond acceptors (Lipinski definition) is 20. The van der Waals surface area contributed by atoms with Gasteiger partial charge in [-0.1, -0.05) is 42.2 Å². The number of ether oxygens (including phenoxy) is 3. The third-order valence-corrected chi connectivity index (χ3v) is 16.3. The number of aromatic hydroxyl groups is 1. The lowest BCUT2D eigenvalue weighted by atomic mass is 9.66. The van der Waals surface area contributed by atoms with E-state index in [4.69, 9.17) is 29.2 Å². The standard InChI is InChI=1S/C59H71N7O18/c1-32-23-33(2)25-37(24-32)49-47-36(18-20-62-47)27-66(49)84-51-54(81-39-15-16-40-45(26-39)80-29-41(50(40)74)34-10-13-38(72)14-11-34)82-55(57(78,30-70)59(51,79)46(73)9-5-21-67)58(31-71,83-53(77)48(52(75)76)61-19-6-22-68)65-56(60)64-44(28-69)43-17-12-35-7-3-4-8-42(35)63-43/h10-11,13-16,18,20,22-29,35,42-44,46,48,51,54-55,61-63,67,70-73,78-79H,3-9,12,17,19,21,30-31H2,1-2H3,(H,75,76)(H3,60,64,65)/t35-,42-,43+,44-,46+,48+,51+,54-,55+,57-,58+,59-/m0/s1. The quantitative estimate of drug-likeness (QED) is 0.00778. The molecule has 1 saturated carbocycles. The van der Waals surface area contributed by atoms with Crippen LogP contribution in [0.2, 0.25) is 0 Å². The molecule has 84 heavy (non-hydrogen) atoms. The Morgan fingerprint density at radius 2 is 1.74 bits per heavy atom. The molecule has 2 aliphatic heterocycles. The van der Waals surface area contributed by atoms with E-state index in [-0.39, 0.29) is 53.5 Å². The number of aliphatic hydroxyl groups is 6. The normalized spacial score (nSPS) is 25.4. The molecule has 0 unspecified atom stereocenters. The summed E-state index contributed by atoms with van der Waals surface area (Å²) in [5.74, 6) is -4.24. The van der Waals surface area contributed by atoms with Crippen molar-refractivity contribution in [3.8, 4) is 33.9 Å². The molecule has 450 valence electrons. The number of nitrogens with zero attached hydrogens (tertiary/aromatic N) is 2. The monoisotopic (exact) mass is 1170 g/mol. The van der Waals surface area contributed by atoms with Gasteiger partial charge in [0.15, 0.2) is 28.7 Å². The van der Waals surface area contributed by atoms with Crippen LogP contribution in [0.15, 0.2) is 99.6 Å². The van der Waals surface area contributed by atoms with E-state index in [9.17, 15) is 64.8 Å². The van der Waals surface area contributed by atoms with Crippen molar-refractivity contribution < 1.29 is 83.5 Å². The van der Waals surface area contributed by atoms with Gasteiger partial charge in [0, 0.05) is 54.9 Å². The number of hydrogen-bond donors (Lipinski definition) is 13. The van der Waals surface area contributed by atoms with E-state index in [1.165, 1.54) is 59.7 Å². The number of H-pyrrole nitrogens is 1. The van der Waals surface area contributed by atoms with Crippen LogP contribution in [0.1, 0.15) is 68.9 Å². The Morgan fingerprint density at radius 3 is 2.43 bits per heavy atom. The lowest BCUT2D eigenvalue weighted by Gasteiger charge is -2.59. The number of carbonyl (C=O) groups excluding carboxylic acids is 3. The topological polar surface area (TPSA) is 392 Å². The number of aliphatic imine (C=N–C) groups is 1. The fourth-order valence-corrected chi connectivity index (χ4v) is 12.1. The number of guanidine groups is 1. The van der Waals surface area contributed by atoms with E-state index >= 15 is 0 Å². The summed E-state index contributed by atoms with van der Waals surface area (Å²) in [6.07, 6.45) is -0.189. The van der Waals surface area contributed by atoms with Crippen molar-refractivity contribution in [1.82, 2.24) is 25.7 Å². The lowest BCUT2D eigenvalue weighted by Crippen LogP contribution is -2.86. The van der Waals surface area contributed by atoms with Crippen LogP contribution < -0.4 is 36.7 Å². The first-order valence-electron chi connectivity index (χ1n) is 27.8. The van der Waals surface area contributed by atoms with Gasteiger partial charge in [-0.15, -0.1) is 0 Å². The summed E-state index contributed by atoms with van der Waals surface area (Å²) in [6.45, 7) is -0.482. The molecule has 0 amide bonds. The number of aryl methyl sites for hydroxylation is 2. The number of aliphatic carboxylic acids is 1.